The van der Waals surface area contributed by atoms with Gasteiger partial charge in [-0.1, -0.05) is 39.8 Å². The third kappa shape index (κ3) is 8.24. The van der Waals surface area contributed by atoms with Gasteiger partial charge in [0.2, 0.25) is 11.8 Å². The third-order valence-corrected chi connectivity index (χ3v) is 11.0. The largest absolute Gasteiger partial charge is 0.453 e. The van der Waals surface area contributed by atoms with Crippen molar-refractivity contribution in [2.75, 3.05) is 27.3 Å². The van der Waals surface area contributed by atoms with Gasteiger partial charge in [-0.05, 0) is 73.4 Å². The third-order valence-electron chi connectivity index (χ3n) is 9.94. The molecule has 2 aliphatic rings. The number of ether oxygens (including phenoxy) is 2. The van der Waals surface area contributed by atoms with Gasteiger partial charge in [0.05, 0.1) is 54.1 Å². The molecular formula is C38H48N8O6S. The van der Waals surface area contributed by atoms with Crippen LogP contribution in [0.4, 0.5) is 9.59 Å². The Kier molecular flexibility index (Phi) is 11.5. The SMILES string of the molecule is COC(=O)N[C@H](C(=O)N1CCC[C@H]1c1ncc(-c2ccc(C=Cc3ccc4nc([C@@H]5CCCN5C(=O)[C@@H](NC(=O)OC)C(C)C)[nH]c4c3)s2)[nH]1)C(C)C. The van der Waals surface area contributed by atoms with E-state index in [0.29, 0.717) is 13.1 Å². The maximum atomic E-state index is 13.6. The van der Waals surface area contributed by atoms with Crippen molar-refractivity contribution in [3.8, 4) is 10.6 Å². The number of rotatable bonds is 11. The van der Waals surface area contributed by atoms with Gasteiger partial charge in [0, 0.05) is 18.0 Å². The van der Waals surface area contributed by atoms with E-state index in [2.05, 4.69) is 49.9 Å². The van der Waals surface area contributed by atoms with Gasteiger partial charge in [-0.25, -0.2) is 19.6 Å². The summed E-state index contributed by atoms with van der Waals surface area (Å²) in [5.74, 6) is 0.974. The second-order valence-corrected chi connectivity index (χ2v) is 15.3. The minimum absolute atomic E-state index is 0.103. The number of nitrogens with one attached hydrogen (secondary N) is 4. The maximum absolute atomic E-state index is 13.6. The Morgan fingerprint density at radius 2 is 1.43 bits per heavy atom. The van der Waals surface area contributed by atoms with Crippen LogP contribution in [0.25, 0.3) is 33.8 Å². The van der Waals surface area contributed by atoms with Crippen molar-refractivity contribution in [3.63, 3.8) is 0 Å². The van der Waals surface area contributed by atoms with E-state index in [4.69, 9.17) is 14.5 Å². The quantitative estimate of drug-likeness (QED) is 0.139. The van der Waals surface area contributed by atoms with Crippen LogP contribution >= 0.6 is 11.3 Å². The molecule has 53 heavy (non-hydrogen) atoms. The number of methoxy groups -OCH3 is 2. The molecule has 2 fully saturated rings. The highest BCUT2D eigenvalue weighted by Crippen LogP contribution is 2.35. The van der Waals surface area contributed by atoms with Gasteiger partial charge < -0.3 is 39.9 Å². The number of amides is 4. The van der Waals surface area contributed by atoms with Crippen LogP contribution < -0.4 is 10.6 Å². The smallest absolute Gasteiger partial charge is 0.407 e. The molecule has 1 aromatic carbocycles. The van der Waals surface area contributed by atoms with E-state index < -0.39 is 24.3 Å². The molecule has 2 aliphatic heterocycles. The lowest BCUT2D eigenvalue weighted by molar-refractivity contribution is -0.136. The van der Waals surface area contributed by atoms with Crippen LogP contribution in [0.5, 0.6) is 0 Å². The summed E-state index contributed by atoms with van der Waals surface area (Å²) in [6, 6.07) is 8.37. The summed E-state index contributed by atoms with van der Waals surface area (Å²) in [6.45, 7) is 8.79. The number of hydrogen-bond acceptors (Lipinski definition) is 9. The lowest BCUT2D eigenvalue weighted by Crippen LogP contribution is -2.51. The van der Waals surface area contributed by atoms with Gasteiger partial charge in [-0.3, -0.25) is 9.59 Å². The van der Waals surface area contributed by atoms with E-state index in [1.165, 1.54) is 14.2 Å². The van der Waals surface area contributed by atoms with Crippen LogP contribution in [0.1, 0.15) is 87.6 Å². The van der Waals surface area contributed by atoms with Crippen molar-refractivity contribution < 1.29 is 28.7 Å². The number of H-pyrrole nitrogens is 2. The number of nitrogens with zero attached hydrogens (tertiary/aromatic N) is 4. The number of fused-ring (bicyclic) bond motifs is 1. The zero-order valence-electron chi connectivity index (χ0n) is 31.0. The number of aromatic nitrogens is 4. The van der Waals surface area contributed by atoms with Gasteiger partial charge >= 0.3 is 12.2 Å². The van der Waals surface area contributed by atoms with Crippen LogP contribution in [0.2, 0.25) is 0 Å². The summed E-state index contributed by atoms with van der Waals surface area (Å²) in [4.78, 5) is 73.1. The number of alkyl carbamates (subject to hydrolysis) is 2. The molecule has 0 bridgehead atoms. The van der Waals surface area contributed by atoms with E-state index in [1.54, 1.807) is 11.3 Å². The summed E-state index contributed by atoms with van der Waals surface area (Å²) < 4.78 is 9.50. The van der Waals surface area contributed by atoms with Crippen LogP contribution in [-0.4, -0.2) is 93.1 Å². The highest BCUT2D eigenvalue weighted by molar-refractivity contribution is 7.16. The van der Waals surface area contributed by atoms with E-state index >= 15 is 0 Å². The number of imidazole rings is 2. The molecule has 0 aliphatic carbocycles. The fourth-order valence-corrected chi connectivity index (χ4v) is 7.97. The van der Waals surface area contributed by atoms with E-state index in [0.717, 1.165) is 69.4 Å². The summed E-state index contributed by atoms with van der Waals surface area (Å²) in [5, 5.41) is 5.39. The Bertz CT molecular complexity index is 1980. The van der Waals surface area contributed by atoms with Crippen molar-refractivity contribution in [1.82, 2.24) is 40.4 Å². The van der Waals surface area contributed by atoms with E-state index in [1.807, 2.05) is 61.9 Å². The van der Waals surface area contributed by atoms with Crippen LogP contribution in [0.3, 0.4) is 0 Å². The molecule has 4 amide bonds. The lowest BCUT2D eigenvalue weighted by atomic mass is 10.0. The van der Waals surface area contributed by atoms with Crippen molar-refractivity contribution in [2.24, 2.45) is 11.8 Å². The van der Waals surface area contributed by atoms with E-state index in [9.17, 15) is 19.2 Å². The first-order valence-electron chi connectivity index (χ1n) is 18.1. The molecule has 4 atom stereocenters. The highest BCUT2D eigenvalue weighted by Gasteiger charge is 2.39. The number of aromatic amines is 2. The second-order valence-electron chi connectivity index (χ2n) is 14.2. The molecule has 4 N–H and O–H groups in total. The van der Waals surface area contributed by atoms with Crippen molar-refractivity contribution >= 4 is 58.5 Å². The number of carbonyl (C=O) groups is 4. The molecule has 0 saturated carbocycles. The Balaban J connectivity index is 1.12. The number of carbonyl (C=O) groups excluding carboxylic acids is 4. The molecule has 0 spiro atoms. The number of benzene rings is 1. The first-order valence-corrected chi connectivity index (χ1v) is 18.9. The predicted octanol–water partition coefficient (Wildman–Crippen LogP) is 6.27. The van der Waals surface area contributed by atoms with Gasteiger partial charge in [-0.15, -0.1) is 11.3 Å². The minimum Gasteiger partial charge on any atom is -0.453 e. The molecule has 0 radical (unpaired) electrons. The second kappa shape index (κ2) is 16.2. The van der Waals surface area contributed by atoms with Crippen LogP contribution in [-0.2, 0) is 19.1 Å². The molecular weight excluding hydrogens is 697 g/mol. The van der Waals surface area contributed by atoms with Gasteiger partial charge in [0.15, 0.2) is 0 Å². The zero-order valence-corrected chi connectivity index (χ0v) is 31.8. The zero-order chi connectivity index (χ0) is 37.8. The van der Waals surface area contributed by atoms with Crippen molar-refractivity contribution in [3.05, 3.63) is 58.6 Å². The molecule has 5 heterocycles. The predicted molar refractivity (Wildman–Crippen MR) is 203 cm³/mol. The lowest BCUT2D eigenvalue weighted by Gasteiger charge is -2.30. The van der Waals surface area contributed by atoms with Gasteiger partial charge in [0.1, 0.15) is 23.7 Å². The van der Waals surface area contributed by atoms with Crippen LogP contribution in [0, 0.1) is 11.8 Å². The Hall–Kier alpha value is -5.18. The monoisotopic (exact) mass is 744 g/mol. The van der Waals surface area contributed by atoms with Crippen molar-refractivity contribution in [1.29, 1.82) is 0 Å². The standard InChI is InChI=1S/C38H48N8O6S/c1-21(2)31(43-37(49)51-5)35(47)45-17-7-9-28(45)33-39-20-27(42-33)30-16-14-24(53-30)13-11-23-12-15-25-26(19-23)41-34(40-25)29-10-8-18-46(29)36(48)32(22(3)4)44-38(50)52-6/h11-16,19-22,28-29,31-32H,7-10,17-18H2,1-6H3,(H,39,42)(H,40,41)(H,43,49)(H,44,50)/t28-,29-,31-,32-/m0/s1. The van der Waals surface area contributed by atoms with Gasteiger partial charge in [-0.2, -0.15) is 0 Å². The number of likely N-dealkylation sites (tertiary alicyclic amines) is 2. The normalized spacial score (nSPS) is 18.6. The first kappa shape index (κ1) is 37.6. The molecule has 2 saturated heterocycles. The number of thiophene rings is 1. The average molecular weight is 745 g/mol. The molecule has 0 unspecified atom stereocenters. The molecule has 282 valence electrons. The van der Waals surface area contributed by atoms with Crippen molar-refractivity contribution in [2.45, 2.75) is 77.5 Å². The topological polar surface area (TPSA) is 175 Å². The Morgan fingerprint density at radius 3 is 2.02 bits per heavy atom. The molecule has 15 heteroatoms. The summed E-state index contributed by atoms with van der Waals surface area (Å²) in [7, 11) is 2.58. The van der Waals surface area contributed by atoms with Crippen LogP contribution in [0.15, 0.2) is 36.5 Å². The highest BCUT2D eigenvalue weighted by atomic mass is 32.1. The summed E-state index contributed by atoms with van der Waals surface area (Å²) in [6.07, 6.45) is 7.95. The fourth-order valence-electron chi connectivity index (χ4n) is 7.09. The van der Waals surface area contributed by atoms with Gasteiger partial charge in [0.25, 0.3) is 0 Å². The molecule has 14 nitrogen and oxygen atoms in total. The summed E-state index contributed by atoms with van der Waals surface area (Å²) >= 11 is 1.63. The Labute approximate surface area is 312 Å². The number of hydrogen-bond donors (Lipinski definition) is 4. The molecule has 6 rings (SSSR count). The van der Waals surface area contributed by atoms with E-state index in [-0.39, 0.29) is 35.7 Å². The minimum atomic E-state index is -0.688. The molecule has 3 aromatic heterocycles. The summed E-state index contributed by atoms with van der Waals surface area (Å²) in [5.41, 5.74) is 3.58. The Morgan fingerprint density at radius 1 is 0.830 bits per heavy atom. The first-order chi connectivity index (χ1) is 25.5. The average Bonchev–Trinajstić information content (AvgIpc) is 3.98. The molecule has 4 aromatic rings. The maximum Gasteiger partial charge on any atom is 0.407 e. The fraction of sp³-hybridized carbons (Fsp3) is 0.474.